The first kappa shape index (κ1) is 22.3. The van der Waals surface area contributed by atoms with E-state index in [0.717, 1.165) is 51.5 Å². The van der Waals surface area contributed by atoms with E-state index in [1.165, 1.54) is 17.4 Å². The molecule has 1 aliphatic heterocycles. The second kappa shape index (κ2) is 9.13. The highest BCUT2D eigenvalue weighted by Crippen LogP contribution is 2.35. The van der Waals surface area contributed by atoms with Crippen molar-refractivity contribution in [2.75, 3.05) is 18.4 Å². The number of nitrogens with zero attached hydrogens (tertiary/aromatic N) is 2. The molecule has 2 aromatic carbocycles. The summed E-state index contributed by atoms with van der Waals surface area (Å²) in [5.41, 5.74) is 3.51. The van der Waals surface area contributed by atoms with E-state index in [0.29, 0.717) is 23.7 Å². The highest BCUT2D eigenvalue weighted by molar-refractivity contribution is 7.21. The number of aromatic hydroxyl groups is 1. The number of rotatable bonds is 4. The Hall–Kier alpha value is -4.17. The molecule has 180 valence electrons. The zero-order chi connectivity index (χ0) is 24.6. The maximum Gasteiger partial charge on any atom is 0.265 e. The molecule has 0 unspecified atom stereocenters. The summed E-state index contributed by atoms with van der Waals surface area (Å²) in [7, 11) is 0. The summed E-state index contributed by atoms with van der Waals surface area (Å²) in [5, 5.41) is 15.2. The fraction of sp³-hybridized carbons (Fsp3) is 0.179. The standard InChI is InChI=1S/C28H24N4O3S/c33-23-8-7-19(14-22(23)28(35)32-11-2-1-3-12-32)31-27(34)25-15-21-20(5-4-6-24(21)36-25)18-13-17-9-10-29-26(17)30-16-18/h4-10,13-16,33H,1-3,11-12H2,(H,29,30)(H,31,34). The van der Waals surface area contributed by atoms with Crippen LogP contribution in [0, 0.1) is 0 Å². The van der Waals surface area contributed by atoms with Crippen LogP contribution in [0.4, 0.5) is 5.69 Å². The lowest BCUT2D eigenvalue weighted by molar-refractivity contribution is 0.0721. The summed E-state index contributed by atoms with van der Waals surface area (Å²) < 4.78 is 0.999. The van der Waals surface area contributed by atoms with Gasteiger partial charge < -0.3 is 20.3 Å². The van der Waals surface area contributed by atoms with Crippen LogP contribution in [-0.4, -0.2) is 44.9 Å². The van der Waals surface area contributed by atoms with Gasteiger partial charge in [0.25, 0.3) is 11.8 Å². The number of fused-ring (bicyclic) bond motifs is 2. The molecule has 1 saturated heterocycles. The zero-order valence-electron chi connectivity index (χ0n) is 19.5. The van der Waals surface area contributed by atoms with Crippen molar-refractivity contribution < 1.29 is 14.7 Å². The van der Waals surface area contributed by atoms with Crippen LogP contribution in [0.5, 0.6) is 5.75 Å². The Balaban J connectivity index is 1.28. The number of thiophene rings is 1. The number of phenolic OH excluding ortho intramolecular Hbond substituents is 1. The number of benzene rings is 2. The predicted molar refractivity (Wildman–Crippen MR) is 143 cm³/mol. The number of piperidine rings is 1. The van der Waals surface area contributed by atoms with E-state index < -0.39 is 0 Å². The molecular formula is C28H24N4O3S. The third-order valence-corrected chi connectivity index (χ3v) is 7.72. The van der Waals surface area contributed by atoms with Gasteiger partial charge in [0.2, 0.25) is 0 Å². The van der Waals surface area contributed by atoms with Crippen molar-refractivity contribution in [1.29, 1.82) is 0 Å². The summed E-state index contributed by atoms with van der Waals surface area (Å²) in [5.74, 6) is -0.547. The molecule has 0 atom stereocenters. The monoisotopic (exact) mass is 496 g/mol. The van der Waals surface area contributed by atoms with Gasteiger partial charge in [0.1, 0.15) is 11.4 Å². The van der Waals surface area contributed by atoms with Crippen LogP contribution in [-0.2, 0) is 0 Å². The van der Waals surface area contributed by atoms with Gasteiger partial charge >= 0.3 is 0 Å². The van der Waals surface area contributed by atoms with Crippen molar-refractivity contribution in [3.8, 4) is 16.9 Å². The van der Waals surface area contributed by atoms with Gasteiger partial charge in [-0.25, -0.2) is 4.98 Å². The topological polar surface area (TPSA) is 98.3 Å². The number of anilines is 1. The van der Waals surface area contributed by atoms with Gasteiger partial charge in [-0.3, -0.25) is 9.59 Å². The first-order valence-electron chi connectivity index (χ1n) is 12.0. The van der Waals surface area contributed by atoms with E-state index in [1.807, 2.05) is 42.7 Å². The third-order valence-electron chi connectivity index (χ3n) is 6.62. The predicted octanol–water partition coefficient (Wildman–Crippen LogP) is 6.03. The number of hydrogen-bond donors (Lipinski definition) is 3. The minimum Gasteiger partial charge on any atom is -0.507 e. The average molecular weight is 497 g/mol. The second-order valence-electron chi connectivity index (χ2n) is 9.01. The number of carbonyl (C=O) groups is 2. The van der Waals surface area contributed by atoms with Crippen LogP contribution < -0.4 is 5.32 Å². The molecule has 3 N–H and O–H groups in total. The van der Waals surface area contributed by atoms with E-state index in [9.17, 15) is 14.7 Å². The molecule has 0 spiro atoms. The molecule has 7 nitrogen and oxygen atoms in total. The Labute approximate surface area is 211 Å². The number of hydrogen-bond acceptors (Lipinski definition) is 5. The molecule has 0 radical (unpaired) electrons. The lowest BCUT2D eigenvalue weighted by Gasteiger charge is -2.27. The summed E-state index contributed by atoms with van der Waals surface area (Å²) in [6.45, 7) is 1.37. The fourth-order valence-electron chi connectivity index (χ4n) is 4.76. The van der Waals surface area contributed by atoms with Gasteiger partial charge in [-0.1, -0.05) is 12.1 Å². The number of pyridine rings is 1. The molecule has 36 heavy (non-hydrogen) atoms. The molecule has 4 heterocycles. The van der Waals surface area contributed by atoms with Crippen molar-refractivity contribution in [3.05, 3.63) is 77.4 Å². The van der Waals surface area contributed by atoms with Crippen LogP contribution in [0.3, 0.4) is 0 Å². The molecule has 3 aromatic heterocycles. The number of nitrogens with one attached hydrogen (secondary N) is 2. The molecule has 0 bridgehead atoms. The van der Waals surface area contributed by atoms with Crippen molar-refractivity contribution >= 4 is 50.0 Å². The Morgan fingerprint density at radius 1 is 1.03 bits per heavy atom. The lowest BCUT2D eigenvalue weighted by atomic mass is 10.0. The highest BCUT2D eigenvalue weighted by atomic mass is 32.1. The maximum absolute atomic E-state index is 13.2. The minimum atomic E-state index is -0.261. The zero-order valence-corrected chi connectivity index (χ0v) is 20.3. The van der Waals surface area contributed by atoms with E-state index >= 15 is 0 Å². The summed E-state index contributed by atoms with van der Waals surface area (Å²) in [6.07, 6.45) is 6.74. The quantitative estimate of drug-likeness (QED) is 0.265. The Morgan fingerprint density at radius 3 is 2.75 bits per heavy atom. The molecule has 5 aromatic rings. The van der Waals surface area contributed by atoms with Gasteiger partial charge in [0.05, 0.1) is 10.4 Å². The van der Waals surface area contributed by atoms with Crippen molar-refractivity contribution in [1.82, 2.24) is 14.9 Å². The van der Waals surface area contributed by atoms with Gasteiger partial charge in [-0.15, -0.1) is 11.3 Å². The molecule has 0 aliphatic carbocycles. The van der Waals surface area contributed by atoms with Crippen LogP contribution in [0.2, 0.25) is 0 Å². The van der Waals surface area contributed by atoms with E-state index in [1.54, 1.807) is 17.0 Å². The summed E-state index contributed by atoms with van der Waals surface area (Å²) in [6, 6.07) is 16.6. The molecule has 2 amide bonds. The SMILES string of the molecule is O=C(Nc1ccc(O)c(C(=O)N2CCCCC2)c1)c1cc2c(-c3cnc4[nH]ccc4c3)cccc2s1. The second-order valence-corrected chi connectivity index (χ2v) is 10.1. The van der Waals surface area contributed by atoms with Gasteiger partial charge in [0.15, 0.2) is 0 Å². The molecule has 1 fully saturated rings. The lowest BCUT2D eigenvalue weighted by Crippen LogP contribution is -2.35. The normalized spacial score (nSPS) is 13.8. The first-order chi connectivity index (χ1) is 17.6. The van der Waals surface area contributed by atoms with Gasteiger partial charge in [-0.2, -0.15) is 0 Å². The minimum absolute atomic E-state index is 0.0805. The number of amides is 2. The third kappa shape index (κ3) is 4.09. The number of H-pyrrole nitrogens is 1. The van der Waals surface area contributed by atoms with Crippen LogP contribution in [0.1, 0.15) is 39.3 Å². The van der Waals surface area contributed by atoms with Crippen molar-refractivity contribution in [2.24, 2.45) is 0 Å². The number of likely N-dealkylation sites (tertiary alicyclic amines) is 1. The number of aromatic amines is 1. The molecule has 6 rings (SSSR count). The van der Waals surface area contributed by atoms with Gasteiger partial charge in [-0.05, 0) is 67.3 Å². The molecule has 8 heteroatoms. The fourth-order valence-corrected chi connectivity index (χ4v) is 5.74. The van der Waals surface area contributed by atoms with Crippen molar-refractivity contribution in [2.45, 2.75) is 19.3 Å². The van der Waals surface area contributed by atoms with Crippen LogP contribution >= 0.6 is 11.3 Å². The van der Waals surface area contributed by atoms with Crippen LogP contribution in [0.25, 0.3) is 32.2 Å². The van der Waals surface area contributed by atoms with Crippen molar-refractivity contribution in [3.63, 3.8) is 0 Å². The molecule has 1 aliphatic rings. The highest BCUT2D eigenvalue weighted by Gasteiger charge is 2.22. The Bertz CT molecular complexity index is 1610. The van der Waals surface area contributed by atoms with E-state index in [-0.39, 0.29) is 23.1 Å². The molecule has 0 saturated carbocycles. The van der Waals surface area contributed by atoms with E-state index in [2.05, 4.69) is 21.4 Å². The van der Waals surface area contributed by atoms with E-state index in [4.69, 9.17) is 0 Å². The molecular weight excluding hydrogens is 472 g/mol. The van der Waals surface area contributed by atoms with Crippen LogP contribution in [0.15, 0.2) is 67.0 Å². The van der Waals surface area contributed by atoms with Gasteiger partial charge in [0, 0.05) is 52.2 Å². The Morgan fingerprint density at radius 2 is 1.89 bits per heavy atom. The average Bonchev–Trinajstić information content (AvgIpc) is 3.56. The first-order valence-corrected chi connectivity index (χ1v) is 12.8. The summed E-state index contributed by atoms with van der Waals surface area (Å²) in [4.78, 5) is 36.0. The maximum atomic E-state index is 13.2. The number of carbonyl (C=O) groups excluding carboxylic acids is 2. The number of aromatic nitrogens is 2. The number of phenols is 1. The largest absolute Gasteiger partial charge is 0.507 e. The Kier molecular flexibility index (Phi) is 5.65. The summed E-state index contributed by atoms with van der Waals surface area (Å²) >= 11 is 1.41. The smallest absolute Gasteiger partial charge is 0.265 e.